The molecule has 15 heavy (non-hydrogen) atoms. The van der Waals surface area contributed by atoms with E-state index in [9.17, 15) is 0 Å². The second kappa shape index (κ2) is 4.23. The van der Waals surface area contributed by atoms with E-state index in [1.807, 2.05) is 25.1 Å². The molecule has 0 fully saturated rings. The molecule has 2 aromatic heterocycles. The molecule has 0 unspecified atom stereocenters. The predicted octanol–water partition coefficient (Wildman–Crippen LogP) is 1.58. The van der Waals surface area contributed by atoms with Gasteiger partial charge in [0.1, 0.15) is 11.5 Å². The number of aliphatic hydroxyl groups is 1. The zero-order chi connectivity index (χ0) is 10.7. The van der Waals surface area contributed by atoms with E-state index in [0.29, 0.717) is 18.0 Å². The smallest absolute Gasteiger partial charge is 0.245 e. The molecule has 2 heterocycles. The number of hydrogen-bond acceptors (Lipinski definition) is 4. The monoisotopic (exact) mass is 204 g/mol. The number of nitrogens with zero attached hydrogens (tertiary/aromatic N) is 2. The van der Waals surface area contributed by atoms with Gasteiger partial charge < -0.3 is 9.52 Å². The number of aryl methyl sites for hydroxylation is 1. The molecule has 4 heteroatoms. The lowest BCUT2D eigenvalue weighted by Crippen LogP contribution is -1.92. The molecule has 0 atom stereocenters. The van der Waals surface area contributed by atoms with E-state index >= 15 is 0 Å². The maximum absolute atomic E-state index is 8.83. The van der Waals surface area contributed by atoms with Gasteiger partial charge in [-0.1, -0.05) is 6.07 Å². The van der Waals surface area contributed by atoms with Crippen molar-refractivity contribution < 1.29 is 9.52 Å². The Morgan fingerprint density at radius 2 is 2.27 bits per heavy atom. The normalized spacial score (nSPS) is 10.5. The molecule has 0 radical (unpaired) electrons. The Morgan fingerprint density at radius 1 is 1.40 bits per heavy atom. The minimum atomic E-state index is 0.0784. The highest BCUT2D eigenvalue weighted by Crippen LogP contribution is 2.19. The summed E-state index contributed by atoms with van der Waals surface area (Å²) < 4.78 is 5.47. The van der Waals surface area contributed by atoms with Crippen molar-refractivity contribution >= 4 is 0 Å². The lowest BCUT2D eigenvalue weighted by molar-refractivity contribution is 0.297. The Labute approximate surface area is 87.6 Å². The van der Waals surface area contributed by atoms with E-state index < -0.39 is 0 Å². The number of oxazole rings is 1. The summed E-state index contributed by atoms with van der Waals surface area (Å²) in [5.74, 6) is 1.25. The topological polar surface area (TPSA) is 59.2 Å². The van der Waals surface area contributed by atoms with Crippen LogP contribution in [0, 0.1) is 6.92 Å². The first-order valence-corrected chi connectivity index (χ1v) is 4.80. The van der Waals surface area contributed by atoms with Gasteiger partial charge in [-0.05, 0) is 19.1 Å². The molecule has 78 valence electrons. The molecule has 0 aromatic carbocycles. The maximum Gasteiger partial charge on any atom is 0.245 e. The van der Waals surface area contributed by atoms with Gasteiger partial charge >= 0.3 is 0 Å². The quantitative estimate of drug-likeness (QED) is 0.824. The summed E-state index contributed by atoms with van der Waals surface area (Å²) in [7, 11) is 0. The van der Waals surface area contributed by atoms with Gasteiger partial charge in [-0.25, -0.2) is 4.98 Å². The summed E-state index contributed by atoms with van der Waals surface area (Å²) in [4.78, 5) is 8.43. The number of hydrogen-bond donors (Lipinski definition) is 1. The van der Waals surface area contributed by atoms with Crippen molar-refractivity contribution in [2.45, 2.75) is 13.3 Å². The summed E-state index contributed by atoms with van der Waals surface area (Å²) in [6.45, 7) is 1.92. The van der Waals surface area contributed by atoms with Gasteiger partial charge in [0.25, 0.3) is 0 Å². The highest BCUT2D eigenvalue weighted by Gasteiger charge is 2.10. The zero-order valence-electron chi connectivity index (χ0n) is 8.47. The fourth-order valence-corrected chi connectivity index (χ4v) is 1.36. The summed E-state index contributed by atoms with van der Waals surface area (Å²) >= 11 is 0. The number of rotatable bonds is 3. The summed E-state index contributed by atoms with van der Waals surface area (Å²) in [5.41, 5.74) is 1.50. The predicted molar refractivity (Wildman–Crippen MR) is 55.3 cm³/mol. The first kappa shape index (κ1) is 9.86. The third kappa shape index (κ3) is 2.05. The molecule has 0 aliphatic rings. The molecular formula is C11H12N2O2. The fraction of sp³-hybridized carbons (Fsp3) is 0.273. The number of aromatic nitrogens is 2. The summed E-state index contributed by atoms with van der Waals surface area (Å²) in [5, 5.41) is 8.83. The van der Waals surface area contributed by atoms with Crippen LogP contribution in [0.1, 0.15) is 11.5 Å². The average Bonchev–Trinajstić information content (AvgIpc) is 2.63. The van der Waals surface area contributed by atoms with Crippen molar-refractivity contribution in [1.29, 1.82) is 0 Å². The van der Waals surface area contributed by atoms with Gasteiger partial charge in [-0.2, -0.15) is 0 Å². The Morgan fingerprint density at radius 3 is 2.93 bits per heavy atom. The highest BCUT2D eigenvalue weighted by molar-refractivity contribution is 5.46. The van der Waals surface area contributed by atoms with Crippen LogP contribution in [0.15, 0.2) is 28.8 Å². The molecule has 0 amide bonds. The Kier molecular flexibility index (Phi) is 2.78. The van der Waals surface area contributed by atoms with Crippen molar-refractivity contribution in [3.8, 4) is 11.6 Å². The van der Waals surface area contributed by atoms with E-state index in [0.717, 1.165) is 11.5 Å². The second-order valence-corrected chi connectivity index (χ2v) is 3.21. The highest BCUT2D eigenvalue weighted by atomic mass is 16.4. The largest absolute Gasteiger partial charge is 0.440 e. The lowest BCUT2D eigenvalue weighted by atomic mass is 10.3. The molecule has 0 aliphatic carbocycles. The standard InChI is InChI=1S/C11H12N2O2/c1-8-9(5-7-14)13-11(15-8)10-4-2-3-6-12-10/h2-4,6,14H,5,7H2,1H3. The second-order valence-electron chi connectivity index (χ2n) is 3.21. The van der Waals surface area contributed by atoms with Crippen LogP contribution in [0.5, 0.6) is 0 Å². The van der Waals surface area contributed by atoms with Gasteiger partial charge in [0, 0.05) is 19.2 Å². The van der Waals surface area contributed by atoms with Crippen LogP contribution in [0.3, 0.4) is 0 Å². The third-order valence-electron chi connectivity index (χ3n) is 2.13. The molecule has 0 saturated carbocycles. The van der Waals surface area contributed by atoms with Crippen LogP contribution in [0.25, 0.3) is 11.6 Å². The lowest BCUT2D eigenvalue weighted by Gasteiger charge is -1.91. The van der Waals surface area contributed by atoms with Crippen molar-refractivity contribution in [1.82, 2.24) is 9.97 Å². The van der Waals surface area contributed by atoms with Crippen LogP contribution in [-0.4, -0.2) is 21.7 Å². The third-order valence-corrected chi connectivity index (χ3v) is 2.13. The van der Waals surface area contributed by atoms with Gasteiger partial charge in [0.15, 0.2) is 0 Å². The van der Waals surface area contributed by atoms with Crippen LogP contribution in [0.2, 0.25) is 0 Å². The Balaban J connectivity index is 2.34. The minimum Gasteiger partial charge on any atom is -0.440 e. The Hall–Kier alpha value is -1.68. The minimum absolute atomic E-state index is 0.0784. The molecule has 0 saturated heterocycles. The molecule has 1 N–H and O–H groups in total. The molecule has 0 aliphatic heterocycles. The van der Waals surface area contributed by atoms with Gasteiger partial charge in [-0.15, -0.1) is 0 Å². The van der Waals surface area contributed by atoms with Gasteiger partial charge in [-0.3, -0.25) is 4.98 Å². The van der Waals surface area contributed by atoms with Crippen LogP contribution >= 0.6 is 0 Å². The maximum atomic E-state index is 8.83. The molecular weight excluding hydrogens is 192 g/mol. The van der Waals surface area contributed by atoms with E-state index in [1.165, 1.54) is 0 Å². The van der Waals surface area contributed by atoms with E-state index in [-0.39, 0.29) is 6.61 Å². The molecule has 0 spiro atoms. The molecule has 4 nitrogen and oxygen atoms in total. The van der Waals surface area contributed by atoms with Crippen LogP contribution in [0.4, 0.5) is 0 Å². The van der Waals surface area contributed by atoms with Gasteiger partial charge in [0.05, 0.1) is 5.69 Å². The van der Waals surface area contributed by atoms with Crippen LogP contribution < -0.4 is 0 Å². The average molecular weight is 204 g/mol. The molecule has 2 aromatic rings. The van der Waals surface area contributed by atoms with Crippen molar-refractivity contribution in [3.63, 3.8) is 0 Å². The molecule has 0 bridgehead atoms. The number of pyridine rings is 1. The Bertz CT molecular complexity index is 437. The molecule has 2 rings (SSSR count). The van der Waals surface area contributed by atoms with Crippen LogP contribution in [-0.2, 0) is 6.42 Å². The number of aliphatic hydroxyl groups excluding tert-OH is 1. The summed E-state index contributed by atoms with van der Waals surface area (Å²) in [6.07, 6.45) is 2.21. The van der Waals surface area contributed by atoms with Gasteiger partial charge in [0.2, 0.25) is 5.89 Å². The van der Waals surface area contributed by atoms with E-state index in [1.54, 1.807) is 6.20 Å². The van der Waals surface area contributed by atoms with Crippen molar-refractivity contribution in [2.24, 2.45) is 0 Å². The first-order chi connectivity index (χ1) is 7.31. The fourth-order valence-electron chi connectivity index (χ4n) is 1.36. The van der Waals surface area contributed by atoms with Crippen molar-refractivity contribution in [2.75, 3.05) is 6.61 Å². The van der Waals surface area contributed by atoms with E-state index in [2.05, 4.69) is 9.97 Å². The SMILES string of the molecule is Cc1oc(-c2ccccn2)nc1CCO. The van der Waals surface area contributed by atoms with Crippen molar-refractivity contribution in [3.05, 3.63) is 35.9 Å². The van der Waals surface area contributed by atoms with E-state index in [4.69, 9.17) is 9.52 Å². The zero-order valence-corrected chi connectivity index (χ0v) is 8.47. The summed E-state index contributed by atoms with van der Waals surface area (Å²) in [6, 6.07) is 5.56. The first-order valence-electron chi connectivity index (χ1n) is 4.80.